The number of hydrogen-bond donors (Lipinski definition) is 1. The molecule has 40 heavy (non-hydrogen) atoms. The second kappa shape index (κ2) is 23.2. The number of pyridine rings is 1. The molecule has 0 aliphatic heterocycles. The summed E-state index contributed by atoms with van der Waals surface area (Å²) in [4.78, 5) is 12.8. The Bertz CT molecular complexity index is 923. The number of benzene rings is 1. The Hall–Kier alpha value is -1.34. The molecule has 0 fully saturated rings. The number of rotatable bonds is 22. The van der Waals surface area contributed by atoms with Gasteiger partial charge in [-0.15, -0.1) is 0 Å². The lowest BCUT2D eigenvalue weighted by Crippen LogP contribution is -3.00. The van der Waals surface area contributed by atoms with Crippen molar-refractivity contribution in [2.75, 3.05) is 6.61 Å². The van der Waals surface area contributed by atoms with Crippen LogP contribution in [0.5, 0.6) is 5.75 Å². The molecule has 1 unspecified atom stereocenters. The number of hydrogen-bond acceptors (Lipinski definition) is 2. The molecule has 0 aliphatic rings. The van der Waals surface area contributed by atoms with Crippen LogP contribution in [-0.2, 0) is 6.54 Å². The summed E-state index contributed by atoms with van der Waals surface area (Å²) in [5.74, 6) is 0.652. The van der Waals surface area contributed by atoms with Gasteiger partial charge in [-0.3, -0.25) is 4.79 Å². The predicted molar refractivity (Wildman–Crippen MR) is 165 cm³/mol. The molecule has 1 aromatic carbocycles. The van der Waals surface area contributed by atoms with Gasteiger partial charge in [0.25, 0.3) is 5.91 Å². The van der Waals surface area contributed by atoms with Gasteiger partial charge in [0.1, 0.15) is 12.3 Å². The van der Waals surface area contributed by atoms with Crippen molar-refractivity contribution < 1.29 is 38.1 Å². The van der Waals surface area contributed by atoms with Gasteiger partial charge in [0.05, 0.1) is 23.2 Å². The summed E-state index contributed by atoms with van der Waals surface area (Å²) in [7, 11) is 0. The van der Waals surface area contributed by atoms with Gasteiger partial charge in [0.15, 0.2) is 12.4 Å². The third kappa shape index (κ3) is 15.0. The fourth-order valence-electron chi connectivity index (χ4n) is 5.01. The summed E-state index contributed by atoms with van der Waals surface area (Å²) < 4.78 is 8.06. The molecule has 0 saturated carbocycles. The summed E-state index contributed by atoms with van der Waals surface area (Å²) >= 11 is 6.56. The highest BCUT2D eigenvalue weighted by Gasteiger charge is 2.16. The van der Waals surface area contributed by atoms with Gasteiger partial charge in [0.2, 0.25) is 0 Å². The van der Waals surface area contributed by atoms with E-state index >= 15 is 0 Å². The van der Waals surface area contributed by atoms with Crippen molar-refractivity contribution in [2.24, 2.45) is 0 Å². The number of unbranched alkanes of at least 4 members (excludes halogenated alkanes) is 13. The SMILES string of the molecule is CCCCCCCCCCCCCCCCOc1ccc(C(CC)NC(=O)c2cc[n+](CCC)cc2)cc1Cl.[I-]. The van der Waals surface area contributed by atoms with E-state index in [1.54, 1.807) is 0 Å². The number of carbonyl (C=O) groups is 1. The van der Waals surface area contributed by atoms with Crippen LogP contribution in [0, 0.1) is 0 Å². The molecule has 2 rings (SSSR count). The normalized spacial score (nSPS) is 11.6. The van der Waals surface area contributed by atoms with Crippen molar-refractivity contribution in [2.45, 2.75) is 136 Å². The maximum absolute atomic E-state index is 12.8. The van der Waals surface area contributed by atoms with Crippen LogP contribution in [0.15, 0.2) is 42.7 Å². The van der Waals surface area contributed by atoms with Crippen LogP contribution in [-0.4, -0.2) is 12.5 Å². The van der Waals surface area contributed by atoms with E-state index in [0.717, 1.165) is 37.1 Å². The standard InChI is InChI=1S/C34H53ClN2O2.HI/c1-4-7-8-9-10-11-12-13-14-15-16-17-18-19-27-39-33-21-20-30(28-31(33)35)32(6-3)36-34(38)29-22-25-37(24-5-2)26-23-29;/h20-23,25-26,28,32H,4-19,24,27H2,1-3H3;1H. The Morgan fingerprint density at radius 3 is 1.85 bits per heavy atom. The molecule has 1 aromatic heterocycles. The number of nitrogens with one attached hydrogen (secondary N) is 1. The minimum Gasteiger partial charge on any atom is -1.00 e. The molecule has 1 atom stereocenters. The number of nitrogens with zero attached hydrogens (tertiary/aromatic N) is 1. The first-order chi connectivity index (χ1) is 19.1. The fourth-order valence-corrected chi connectivity index (χ4v) is 5.25. The second-order valence-electron chi connectivity index (χ2n) is 10.9. The van der Waals surface area contributed by atoms with Crippen molar-refractivity contribution in [1.82, 2.24) is 5.32 Å². The lowest BCUT2D eigenvalue weighted by Gasteiger charge is -2.19. The minimum absolute atomic E-state index is 0. The van der Waals surface area contributed by atoms with Crippen molar-refractivity contribution in [3.05, 3.63) is 58.9 Å². The lowest BCUT2D eigenvalue weighted by atomic mass is 10.0. The Morgan fingerprint density at radius 2 is 1.35 bits per heavy atom. The maximum Gasteiger partial charge on any atom is 0.252 e. The van der Waals surface area contributed by atoms with Gasteiger partial charge < -0.3 is 34.0 Å². The Kier molecular flexibility index (Phi) is 21.3. The van der Waals surface area contributed by atoms with Crippen LogP contribution < -0.4 is 38.6 Å². The van der Waals surface area contributed by atoms with Gasteiger partial charge in [-0.05, 0) is 30.5 Å². The monoisotopic (exact) mass is 684 g/mol. The van der Waals surface area contributed by atoms with Crippen molar-refractivity contribution in [1.29, 1.82) is 0 Å². The molecule has 0 radical (unpaired) electrons. The highest BCUT2D eigenvalue weighted by atomic mass is 127. The molecular formula is C34H54ClIN2O2. The van der Waals surface area contributed by atoms with Crippen LogP contribution in [0.2, 0.25) is 5.02 Å². The third-order valence-electron chi connectivity index (χ3n) is 7.46. The van der Waals surface area contributed by atoms with Crippen molar-refractivity contribution in [3.8, 4) is 5.75 Å². The Morgan fingerprint density at radius 1 is 0.800 bits per heavy atom. The molecule has 6 heteroatoms. The second-order valence-corrected chi connectivity index (χ2v) is 11.3. The van der Waals surface area contributed by atoms with E-state index in [9.17, 15) is 4.79 Å². The number of halogens is 2. The topological polar surface area (TPSA) is 42.2 Å². The molecule has 4 nitrogen and oxygen atoms in total. The summed E-state index contributed by atoms with van der Waals surface area (Å²) in [5, 5.41) is 3.75. The van der Waals surface area contributed by atoms with Crippen molar-refractivity contribution in [3.63, 3.8) is 0 Å². The van der Waals surface area contributed by atoms with Crippen LogP contribution in [0.1, 0.15) is 145 Å². The fraction of sp³-hybridized carbons (Fsp3) is 0.647. The smallest absolute Gasteiger partial charge is 0.252 e. The third-order valence-corrected chi connectivity index (χ3v) is 7.76. The molecule has 0 aliphatic carbocycles. The number of aryl methyl sites for hydroxylation is 1. The highest BCUT2D eigenvalue weighted by Crippen LogP contribution is 2.29. The molecule has 0 saturated heterocycles. The summed E-state index contributed by atoms with van der Waals surface area (Å²) in [5.41, 5.74) is 1.66. The molecule has 2 aromatic rings. The molecule has 1 N–H and O–H groups in total. The summed E-state index contributed by atoms with van der Waals surface area (Å²) in [6, 6.07) is 9.53. The predicted octanol–water partition coefficient (Wildman–Crippen LogP) is 6.78. The number of amides is 1. The highest BCUT2D eigenvalue weighted by molar-refractivity contribution is 6.32. The van der Waals surface area contributed by atoms with Gasteiger partial charge in [-0.1, -0.05) is 122 Å². The average molecular weight is 685 g/mol. The van der Waals surface area contributed by atoms with Crippen molar-refractivity contribution >= 4 is 17.5 Å². The first kappa shape index (κ1) is 36.7. The lowest BCUT2D eigenvalue weighted by molar-refractivity contribution is -0.697. The molecule has 0 bridgehead atoms. The first-order valence-corrected chi connectivity index (χ1v) is 16.2. The van der Waals surface area contributed by atoms with Crippen LogP contribution in [0.3, 0.4) is 0 Å². The first-order valence-electron chi connectivity index (χ1n) is 15.8. The maximum atomic E-state index is 12.8. The molecule has 0 spiro atoms. The van der Waals surface area contributed by atoms with E-state index in [1.807, 2.05) is 42.7 Å². The Balaban J connectivity index is 0.00000800. The van der Waals surface area contributed by atoms with Crippen LogP contribution in [0.4, 0.5) is 0 Å². The summed E-state index contributed by atoms with van der Waals surface area (Å²) in [6.07, 6.45) is 24.6. The number of carbonyl (C=O) groups excluding carboxylic acids is 1. The van der Waals surface area contributed by atoms with E-state index in [4.69, 9.17) is 16.3 Å². The van der Waals surface area contributed by atoms with E-state index in [-0.39, 0.29) is 35.9 Å². The summed E-state index contributed by atoms with van der Waals surface area (Å²) in [6.45, 7) is 8.13. The van der Waals surface area contributed by atoms with Gasteiger partial charge in [0, 0.05) is 18.6 Å². The molecule has 1 amide bonds. The molecule has 226 valence electrons. The zero-order valence-electron chi connectivity index (χ0n) is 25.4. The zero-order chi connectivity index (χ0) is 28.1. The average Bonchev–Trinajstić information content (AvgIpc) is 2.95. The number of ether oxygens (including phenoxy) is 1. The van der Waals surface area contributed by atoms with Gasteiger partial charge >= 0.3 is 0 Å². The molecule has 1 heterocycles. The van der Waals surface area contributed by atoms with Crippen LogP contribution in [0.25, 0.3) is 0 Å². The van der Waals surface area contributed by atoms with Crippen LogP contribution >= 0.6 is 11.6 Å². The minimum atomic E-state index is -0.0992. The quantitative estimate of drug-likeness (QED) is 0.0845. The zero-order valence-corrected chi connectivity index (χ0v) is 28.3. The number of aromatic nitrogens is 1. The van der Waals surface area contributed by atoms with E-state index < -0.39 is 0 Å². The van der Waals surface area contributed by atoms with E-state index in [1.165, 1.54) is 83.5 Å². The van der Waals surface area contributed by atoms with Gasteiger partial charge in [-0.2, -0.15) is 0 Å². The van der Waals surface area contributed by atoms with E-state index in [0.29, 0.717) is 17.2 Å². The Labute approximate surface area is 267 Å². The van der Waals surface area contributed by atoms with E-state index in [2.05, 4.69) is 30.7 Å². The largest absolute Gasteiger partial charge is 1.00 e. The van der Waals surface area contributed by atoms with Gasteiger partial charge in [-0.25, -0.2) is 4.57 Å². The molecular weight excluding hydrogens is 631 g/mol.